The molecular weight excluding hydrogens is 460 g/mol. The summed E-state index contributed by atoms with van der Waals surface area (Å²) in [5.41, 5.74) is 0. The van der Waals surface area contributed by atoms with Gasteiger partial charge in [0.05, 0.1) is 13.2 Å². The van der Waals surface area contributed by atoms with E-state index < -0.39 is 0 Å². The maximum Gasteiger partial charge on any atom is 0.236 e. The molecule has 3 heterocycles. The Bertz CT molecular complexity index is 969. The summed E-state index contributed by atoms with van der Waals surface area (Å²) in [5, 5.41) is 5.50. The predicted octanol–water partition coefficient (Wildman–Crippen LogP) is 1.88. The first-order chi connectivity index (χ1) is 16.3. The molecule has 3 rings (SSSR count). The van der Waals surface area contributed by atoms with Crippen LogP contribution in [0.2, 0.25) is 0 Å². The highest BCUT2D eigenvalue weighted by Crippen LogP contribution is 2.40. The van der Waals surface area contributed by atoms with Gasteiger partial charge in [-0.2, -0.15) is 9.97 Å². The lowest BCUT2D eigenvalue weighted by Crippen LogP contribution is -2.45. The minimum absolute atomic E-state index is 0.250. The maximum atomic E-state index is 11.6. The lowest BCUT2D eigenvalue weighted by molar-refractivity contribution is -0.115. The SMILES string of the molecule is CCOc1nc(N2CCN(C)CC2)nc(OCC)c1Sc1nc(NC(C)=O)cc(NC(C)=O)n1. The fourth-order valence-electron chi connectivity index (χ4n) is 3.15. The quantitative estimate of drug-likeness (QED) is 0.499. The molecule has 0 spiro atoms. The van der Waals surface area contributed by atoms with Crippen LogP contribution in [-0.4, -0.2) is 83.1 Å². The molecule has 2 aromatic rings. The van der Waals surface area contributed by atoms with Crippen molar-refractivity contribution in [1.29, 1.82) is 0 Å². The Kier molecular flexibility index (Phi) is 8.82. The average Bonchev–Trinajstić information content (AvgIpc) is 2.75. The van der Waals surface area contributed by atoms with Gasteiger partial charge in [0.2, 0.25) is 29.5 Å². The Labute approximate surface area is 202 Å². The molecule has 1 saturated heterocycles. The van der Waals surface area contributed by atoms with E-state index in [0.29, 0.717) is 35.8 Å². The average molecular weight is 491 g/mol. The van der Waals surface area contributed by atoms with Crippen LogP contribution in [0.15, 0.2) is 16.1 Å². The van der Waals surface area contributed by atoms with Gasteiger partial charge in [-0.05, 0) is 32.7 Å². The summed E-state index contributed by atoms with van der Waals surface area (Å²) in [6.45, 7) is 10.7. The Hall–Kier alpha value is -3.19. The van der Waals surface area contributed by atoms with E-state index in [4.69, 9.17) is 9.47 Å². The van der Waals surface area contributed by atoms with E-state index in [1.54, 1.807) is 0 Å². The second-order valence-corrected chi connectivity index (χ2v) is 8.48. The number of anilines is 3. The van der Waals surface area contributed by atoms with Gasteiger partial charge in [-0.25, -0.2) is 9.97 Å². The van der Waals surface area contributed by atoms with Crippen molar-refractivity contribution in [2.45, 2.75) is 37.7 Å². The largest absolute Gasteiger partial charge is 0.477 e. The summed E-state index contributed by atoms with van der Waals surface area (Å²) in [5.74, 6) is 1.15. The molecule has 2 N–H and O–H groups in total. The molecule has 1 aliphatic heterocycles. The van der Waals surface area contributed by atoms with Crippen LogP contribution >= 0.6 is 11.8 Å². The van der Waals surface area contributed by atoms with Crippen LogP contribution in [0.4, 0.5) is 17.6 Å². The van der Waals surface area contributed by atoms with Crippen molar-refractivity contribution in [1.82, 2.24) is 24.8 Å². The number of hydrogen-bond donors (Lipinski definition) is 2. The standard InChI is InChI=1S/C21H30N8O4S/c1-6-32-18-17(19(33-7-2)27-20(26-18)29-10-8-28(5)9-11-29)34-21-24-15(22-13(3)30)12-16(25-21)23-14(4)31/h12H,6-11H2,1-5H3,(H2,22,23,24,25,30,31). The molecule has 0 aliphatic carbocycles. The first kappa shape index (κ1) is 25.4. The monoisotopic (exact) mass is 490 g/mol. The van der Waals surface area contributed by atoms with E-state index >= 15 is 0 Å². The van der Waals surface area contributed by atoms with Gasteiger partial charge in [-0.3, -0.25) is 9.59 Å². The number of nitrogens with zero attached hydrogens (tertiary/aromatic N) is 6. The van der Waals surface area contributed by atoms with Crippen LogP contribution in [0.3, 0.4) is 0 Å². The fraction of sp³-hybridized carbons (Fsp3) is 0.524. The van der Waals surface area contributed by atoms with Gasteiger partial charge in [-0.1, -0.05) is 0 Å². The first-order valence-corrected chi connectivity index (χ1v) is 11.8. The molecule has 13 heteroatoms. The number of hydrogen-bond acceptors (Lipinski definition) is 11. The van der Waals surface area contributed by atoms with Crippen molar-refractivity contribution in [3.05, 3.63) is 6.07 Å². The van der Waals surface area contributed by atoms with E-state index in [0.717, 1.165) is 37.9 Å². The van der Waals surface area contributed by atoms with Crippen molar-refractivity contribution in [2.24, 2.45) is 0 Å². The molecule has 0 aromatic carbocycles. The number of likely N-dealkylation sites (N-methyl/N-ethyl adjacent to an activating group) is 1. The lowest BCUT2D eigenvalue weighted by atomic mass is 10.3. The Balaban J connectivity index is 2.02. The van der Waals surface area contributed by atoms with Crippen LogP contribution in [0, 0.1) is 0 Å². The molecular formula is C21H30N8O4S. The third kappa shape index (κ3) is 6.90. The van der Waals surface area contributed by atoms with Gasteiger partial charge in [0, 0.05) is 46.1 Å². The van der Waals surface area contributed by atoms with Gasteiger partial charge >= 0.3 is 0 Å². The van der Waals surface area contributed by atoms with E-state index in [9.17, 15) is 9.59 Å². The van der Waals surface area contributed by atoms with E-state index in [2.05, 4.69) is 47.4 Å². The summed E-state index contributed by atoms with van der Waals surface area (Å²) in [4.78, 5) is 46.1. The Morgan fingerprint density at radius 3 is 1.85 bits per heavy atom. The smallest absolute Gasteiger partial charge is 0.236 e. The first-order valence-electron chi connectivity index (χ1n) is 11.0. The number of piperazine rings is 1. The van der Waals surface area contributed by atoms with Crippen molar-refractivity contribution < 1.29 is 19.1 Å². The molecule has 0 saturated carbocycles. The van der Waals surface area contributed by atoms with Gasteiger partial charge in [0.25, 0.3) is 0 Å². The van der Waals surface area contributed by atoms with Gasteiger partial charge in [0.15, 0.2) is 5.16 Å². The Morgan fingerprint density at radius 1 is 0.912 bits per heavy atom. The molecule has 0 unspecified atom stereocenters. The summed E-state index contributed by atoms with van der Waals surface area (Å²) in [6.07, 6.45) is 0. The third-order valence-corrected chi connectivity index (χ3v) is 5.57. The predicted molar refractivity (Wildman–Crippen MR) is 129 cm³/mol. The van der Waals surface area contributed by atoms with Crippen LogP contribution in [-0.2, 0) is 9.59 Å². The van der Waals surface area contributed by atoms with Gasteiger partial charge in [-0.15, -0.1) is 0 Å². The molecule has 1 aliphatic rings. The highest BCUT2D eigenvalue weighted by Gasteiger charge is 2.24. The molecule has 0 radical (unpaired) electrons. The molecule has 34 heavy (non-hydrogen) atoms. The summed E-state index contributed by atoms with van der Waals surface area (Å²) in [6, 6.07) is 1.48. The number of aromatic nitrogens is 4. The molecule has 0 bridgehead atoms. The lowest BCUT2D eigenvalue weighted by Gasteiger charge is -2.32. The van der Waals surface area contributed by atoms with E-state index in [-0.39, 0.29) is 28.6 Å². The molecule has 1 fully saturated rings. The van der Waals surface area contributed by atoms with Crippen LogP contribution in [0.1, 0.15) is 27.7 Å². The molecule has 2 amide bonds. The zero-order chi connectivity index (χ0) is 24.7. The van der Waals surface area contributed by atoms with Crippen LogP contribution in [0.25, 0.3) is 0 Å². The fourth-order valence-corrected chi connectivity index (χ4v) is 4.01. The number of nitrogens with one attached hydrogen (secondary N) is 2. The highest BCUT2D eigenvalue weighted by molar-refractivity contribution is 7.99. The van der Waals surface area contributed by atoms with E-state index in [1.807, 2.05) is 13.8 Å². The maximum absolute atomic E-state index is 11.6. The number of carbonyl (C=O) groups excluding carboxylic acids is 2. The number of rotatable bonds is 9. The zero-order valence-corrected chi connectivity index (χ0v) is 20.9. The second kappa shape index (κ2) is 11.8. The minimum Gasteiger partial charge on any atom is -0.477 e. The molecule has 184 valence electrons. The minimum atomic E-state index is -0.298. The van der Waals surface area contributed by atoms with E-state index in [1.165, 1.54) is 19.9 Å². The summed E-state index contributed by atoms with van der Waals surface area (Å²) >= 11 is 1.13. The number of amides is 2. The molecule has 12 nitrogen and oxygen atoms in total. The van der Waals surface area contributed by atoms with Crippen molar-refractivity contribution in [2.75, 3.05) is 62.0 Å². The third-order valence-electron chi connectivity index (χ3n) is 4.65. The summed E-state index contributed by atoms with van der Waals surface area (Å²) < 4.78 is 11.7. The van der Waals surface area contributed by atoms with Crippen molar-refractivity contribution in [3.63, 3.8) is 0 Å². The summed E-state index contributed by atoms with van der Waals surface area (Å²) in [7, 11) is 2.08. The topological polar surface area (TPSA) is 135 Å². The molecule has 2 aromatic heterocycles. The van der Waals surface area contributed by atoms with Gasteiger partial charge < -0.3 is 29.9 Å². The van der Waals surface area contributed by atoms with Gasteiger partial charge in [0.1, 0.15) is 16.5 Å². The highest BCUT2D eigenvalue weighted by atomic mass is 32.2. The van der Waals surface area contributed by atoms with Crippen LogP contribution < -0.4 is 25.0 Å². The number of ether oxygens (including phenoxy) is 2. The van der Waals surface area contributed by atoms with Crippen molar-refractivity contribution >= 4 is 41.2 Å². The molecule has 0 atom stereocenters. The van der Waals surface area contributed by atoms with Crippen LogP contribution in [0.5, 0.6) is 11.8 Å². The number of carbonyl (C=O) groups is 2. The zero-order valence-electron chi connectivity index (χ0n) is 20.0. The van der Waals surface area contributed by atoms with Crippen molar-refractivity contribution in [3.8, 4) is 11.8 Å². The second-order valence-electron chi connectivity index (χ2n) is 7.50. The normalized spacial score (nSPS) is 14.0. The Morgan fingerprint density at radius 2 is 1.41 bits per heavy atom.